The van der Waals surface area contributed by atoms with Crippen LogP contribution in [-0.4, -0.2) is 33.8 Å². The van der Waals surface area contributed by atoms with E-state index in [-0.39, 0.29) is 18.0 Å². The van der Waals surface area contributed by atoms with Gasteiger partial charge in [0.15, 0.2) is 0 Å². The second-order valence-electron chi connectivity index (χ2n) is 10.3. The van der Waals surface area contributed by atoms with Crippen molar-refractivity contribution in [3.63, 3.8) is 0 Å². The molecular formula is C33H30F3N5O2. The highest BCUT2D eigenvalue weighted by Crippen LogP contribution is 2.30. The maximum Gasteiger partial charge on any atom is 0.251 e. The van der Waals surface area contributed by atoms with Crippen molar-refractivity contribution < 1.29 is 22.8 Å². The molecule has 5 aromatic rings. The van der Waals surface area contributed by atoms with Crippen LogP contribution in [0.2, 0.25) is 0 Å². The summed E-state index contributed by atoms with van der Waals surface area (Å²) in [5.41, 5.74) is 10.9. The zero-order chi connectivity index (χ0) is 30.5. The number of likely N-dealkylation sites (N-methyl/N-ethyl adjacent to an activating group) is 1. The molecule has 0 radical (unpaired) electrons. The van der Waals surface area contributed by atoms with E-state index in [1.807, 2.05) is 12.1 Å². The van der Waals surface area contributed by atoms with Crippen LogP contribution in [0.4, 0.5) is 13.2 Å². The van der Waals surface area contributed by atoms with E-state index in [1.54, 1.807) is 25.4 Å². The number of aldehydes is 1. The third-order valence-electron chi connectivity index (χ3n) is 7.45. The minimum atomic E-state index is -0.870. The van der Waals surface area contributed by atoms with E-state index < -0.39 is 23.4 Å². The quantitative estimate of drug-likeness (QED) is 0.235. The maximum absolute atomic E-state index is 13.8. The summed E-state index contributed by atoms with van der Waals surface area (Å²) in [4.78, 5) is 30.9. The molecule has 1 aliphatic rings. The number of aryl methyl sites for hydroxylation is 2. The molecule has 0 aliphatic carbocycles. The van der Waals surface area contributed by atoms with Gasteiger partial charge in [-0.1, -0.05) is 24.3 Å². The first-order valence-corrected chi connectivity index (χ1v) is 13.9. The lowest BCUT2D eigenvalue weighted by Gasteiger charge is -2.19. The maximum atomic E-state index is 13.8. The van der Waals surface area contributed by atoms with Crippen LogP contribution in [0.5, 0.6) is 0 Å². The van der Waals surface area contributed by atoms with Crippen LogP contribution in [-0.2, 0) is 30.6 Å². The Balaban J connectivity index is 0.000000204. The van der Waals surface area contributed by atoms with Crippen molar-refractivity contribution >= 4 is 23.2 Å². The van der Waals surface area contributed by atoms with Gasteiger partial charge in [-0.05, 0) is 79.4 Å². The third kappa shape index (κ3) is 6.49. The first-order valence-electron chi connectivity index (χ1n) is 13.9. The summed E-state index contributed by atoms with van der Waals surface area (Å²) >= 11 is 0. The van der Waals surface area contributed by atoms with Crippen molar-refractivity contribution in [1.82, 2.24) is 19.9 Å². The van der Waals surface area contributed by atoms with Crippen LogP contribution < -0.4 is 11.1 Å². The number of amides is 1. The predicted molar refractivity (Wildman–Crippen MR) is 158 cm³/mol. The summed E-state index contributed by atoms with van der Waals surface area (Å²) in [6, 6.07) is 16.7. The topological polar surface area (TPSA) is 103 Å². The molecule has 3 aromatic carbocycles. The van der Waals surface area contributed by atoms with Gasteiger partial charge in [0.1, 0.15) is 29.6 Å². The van der Waals surface area contributed by atoms with Gasteiger partial charge in [0.05, 0.1) is 34.8 Å². The van der Waals surface area contributed by atoms with Crippen molar-refractivity contribution in [2.24, 2.45) is 5.73 Å². The Morgan fingerprint density at radius 2 is 1.86 bits per heavy atom. The molecule has 0 spiro atoms. The number of pyridine rings is 1. The standard InChI is InChI=1S/C21H18F3N3O.C12H12N2O/c1-26-19(9-12-7-14(22)11-15(23)8-12)20-16(3-2-6-27-20)13-4-5-18(24)17(10-13)21(25)28;15-8-6-11-13-10-5-1-3-9-4-2-7-14(11)12(9)10/h2-8,10-11,19,26H,9H2,1H3,(H2,25,28);1,3,5,8H,2,4,6-7H2. The molecule has 3 N–H and O–H groups in total. The second kappa shape index (κ2) is 13.0. The Labute approximate surface area is 246 Å². The fourth-order valence-electron chi connectivity index (χ4n) is 5.53. The van der Waals surface area contributed by atoms with E-state index in [9.17, 15) is 22.8 Å². The van der Waals surface area contributed by atoms with Gasteiger partial charge in [-0.15, -0.1) is 0 Å². The number of primary amides is 1. The van der Waals surface area contributed by atoms with Crippen LogP contribution in [0, 0.1) is 17.5 Å². The number of nitrogens with one attached hydrogen (secondary N) is 1. The lowest BCUT2D eigenvalue weighted by molar-refractivity contribution is -0.107. The second-order valence-corrected chi connectivity index (χ2v) is 10.3. The van der Waals surface area contributed by atoms with Gasteiger partial charge in [0.2, 0.25) is 0 Å². The van der Waals surface area contributed by atoms with Crippen LogP contribution >= 0.6 is 0 Å². The number of nitrogens with two attached hydrogens (primary N) is 1. The van der Waals surface area contributed by atoms with Crippen molar-refractivity contribution in [3.05, 3.63) is 119 Å². The third-order valence-corrected chi connectivity index (χ3v) is 7.45. The average molecular weight is 586 g/mol. The molecule has 43 heavy (non-hydrogen) atoms. The number of hydrogen-bond acceptors (Lipinski definition) is 5. The van der Waals surface area contributed by atoms with Gasteiger partial charge < -0.3 is 20.4 Å². The molecule has 0 saturated heterocycles. The summed E-state index contributed by atoms with van der Waals surface area (Å²) in [5, 5.41) is 3.09. The number of aromatic nitrogens is 3. The number of nitrogens with zero attached hydrogens (tertiary/aromatic N) is 3. The van der Waals surface area contributed by atoms with Gasteiger partial charge in [-0.3, -0.25) is 9.78 Å². The van der Waals surface area contributed by atoms with E-state index in [4.69, 9.17) is 5.73 Å². The molecule has 0 saturated carbocycles. The fourth-order valence-corrected chi connectivity index (χ4v) is 5.53. The molecule has 1 unspecified atom stereocenters. The fraction of sp³-hybridized carbons (Fsp3) is 0.212. The van der Waals surface area contributed by atoms with Gasteiger partial charge in [0, 0.05) is 24.4 Å². The molecule has 10 heteroatoms. The van der Waals surface area contributed by atoms with E-state index >= 15 is 0 Å². The first kappa shape index (κ1) is 29.7. The summed E-state index contributed by atoms with van der Waals surface area (Å²) in [6.07, 6.45) is 5.50. The molecule has 7 nitrogen and oxygen atoms in total. The van der Waals surface area contributed by atoms with Crippen LogP contribution in [0.1, 0.15) is 45.5 Å². The van der Waals surface area contributed by atoms with Crippen LogP contribution in [0.25, 0.3) is 22.2 Å². The number of halogens is 3. The number of imidazole rings is 1. The normalized spacial score (nSPS) is 12.8. The number of carbonyl (C=O) groups excluding carboxylic acids is 2. The van der Waals surface area contributed by atoms with E-state index in [0.29, 0.717) is 28.8 Å². The van der Waals surface area contributed by atoms with Crippen molar-refractivity contribution in [2.75, 3.05) is 7.05 Å². The molecule has 1 atom stereocenters. The zero-order valence-electron chi connectivity index (χ0n) is 23.5. The van der Waals surface area contributed by atoms with Gasteiger partial charge in [-0.2, -0.15) is 0 Å². The monoisotopic (exact) mass is 585 g/mol. The van der Waals surface area contributed by atoms with Gasteiger partial charge in [-0.25, -0.2) is 18.2 Å². The van der Waals surface area contributed by atoms with Crippen LogP contribution in [0.3, 0.4) is 0 Å². The van der Waals surface area contributed by atoms with E-state index in [1.165, 1.54) is 41.4 Å². The first-order chi connectivity index (χ1) is 20.8. The summed E-state index contributed by atoms with van der Waals surface area (Å²) < 4.78 is 43.1. The molecule has 6 rings (SSSR count). The summed E-state index contributed by atoms with van der Waals surface area (Å²) in [5.74, 6) is -1.98. The molecule has 2 aromatic heterocycles. The van der Waals surface area contributed by atoms with Crippen molar-refractivity contribution in [3.8, 4) is 11.1 Å². The Hall–Kier alpha value is -4.83. The largest absolute Gasteiger partial charge is 0.366 e. The Morgan fingerprint density at radius 3 is 2.58 bits per heavy atom. The van der Waals surface area contributed by atoms with Gasteiger partial charge >= 0.3 is 0 Å². The highest BCUT2D eigenvalue weighted by molar-refractivity contribution is 5.94. The predicted octanol–water partition coefficient (Wildman–Crippen LogP) is 5.49. The Kier molecular flexibility index (Phi) is 8.96. The number of rotatable bonds is 8. The Bertz CT molecular complexity index is 1780. The van der Waals surface area contributed by atoms with Crippen molar-refractivity contribution in [1.29, 1.82) is 0 Å². The van der Waals surface area contributed by atoms with Gasteiger partial charge in [0.25, 0.3) is 5.91 Å². The molecule has 3 heterocycles. The Morgan fingerprint density at radius 1 is 1.07 bits per heavy atom. The molecule has 0 fully saturated rings. The van der Waals surface area contributed by atoms with E-state index in [0.717, 1.165) is 43.1 Å². The highest BCUT2D eigenvalue weighted by atomic mass is 19.1. The minimum Gasteiger partial charge on any atom is -0.366 e. The minimum absolute atomic E-state index is 0.222. The highest BCUT2D eigenvalue weighted by Gasteiger charge is 2.20. The van der Waals surface area contributed by atoms with Crippen LogP contribution in [0.15, 0.2) is 72.9 Å². The molecule has 0 bridgehead atoms. The SMILES string of the molecule is CNC(Cc1cc(F)cc(F)c1)c1ncccc1-c1ccc(F)c(C(N)=O)c1.O=CCc1nc2cccc3c2n1CCC3. The van der Waals surface area contributed by atoms with Crippen molar-refractivity contribution in [2.45, 2.75) is 38.3 Å². The lowest BCUT2D eigenvalue weighted by Crippen LogP contribution is -2.21. The smallest absolute Gasteiger partial charge is 0.251 e. The molecule has 1 aliphatic heterocycles. The lowest BCUT2D eigenvalue weighted by atomic mass is 9.94. The molecule has 220 valence electrons. The molecule has 1 amide bonds. The zero-order valence-corrected chi connectivity index (χ0v) is 23.5. The summed E-state index contributed by atoms with van der Waals surface area (Å²) in [7, 11) is 1.71. The number of hydrogen-bond donors (Lipinski definition) is 2. The average Bonchev–Trinajstić information content (AvgIpc) is 3.35. The molecular weight excluding hydrogens is 555 g/mol. The number of para-hydroxylation sites is 1. The number of carbonyl (C=O) groups is 2. The number of benzene rings is 3. The summed E-state index contributed by atoms with van der Waals surface area (Å²) in [6.45, 7) is 0.997. The van der Waals surface area contributed by atoms with E-state index in [2.05, 4.69) is 25.9 Å².